The molecule has 3 nitrogen and oxygen atoms in total. The molecule has 24 heavy (non-hydrogen) atoms. The summed E-state index contributed by atoms with van der Waals surface area (Å²) in [6.07, 6.45) is 0.768. The van der Waals surface area contributed by atoms with Crippen molar-refractivity contribution in [3.05, 3.63) is 77.8 Å². The number of carbonyl (C=O) groups excluding carboxylic acids is 1. The van der Waals surface area contributed by atoms with Crippen LogP contribution in [-0.4, -0.2) is 5.91 Å². The Hall–Kier alpha value is -2.88. The van der Waals surface area contributed by atoms with E-state index in [9.17, 15) is 9.18 Å². The molecule has 0 unspecified atom stereocenters. The summed E-state index contributed by atoms with van der Waals surface area (Å²) in [5.41, 5.74) is 2.66. The van der Waals surface area contributed by atoms with Gasteiger partial charge in [0.15, 0.2) is 0 Å². The van der Waals surface area contributed by atoms with Gasteiger partial charge >= 0.3 is 0 Å². The van der Waals surface area contributed by atoms with E-state index in [-0.39, 0.29) is 18.1 Å². The maximum atomic E-state index is 13.1. The summed E-state index contributed by atoms with van der Waals surface area (Å²) in [6.45, 7) is 2.04. The van der Waals surface area contributed by atoms with Crippen LogP contribution < -0.4 is 5.32 Å². The molecule has 0 atom stereocenters. The zero-order valence-corrected chi connectivity index (χ0v) is 13.4. The van der Waals surface area contributed by atoms with Crippen molar-refractivity contribution in [1.29, 1.82) is 0 Å². The first-order valence-electron chi connectivity index (χ1n) is 7.81. The topological polar surface area (TPSA) is 42.2 Å². The SMILES string of the molecule is Cc1ccc(-c2ccc(CCC(=O)Nc3cccc(F)c3)o2)cc1. The number of rotatable bonds is 5. The first-order valence-corrected chi connectivity index (χ1v) is 7.81. The standard InChI is InChI=1S/C20H18FNO2/c1-14-5-7-15(8-6-14)19-11-9-18(24-19)10-12-20(23)22-17-4-2-3-16(21)13-17/h2-9,11,13H,10,12H2,1H3,(H,22,23). The van der Waals surface area contributed by atoms with Crippen molar-refractivity contribution in [3.63, 3.8) is 0 Å². The number of hydrogen-bond acceptors (Lipinski definition) is 2. The minimum Gasteiger partial charge on any atom is -0.461 e. The highest BCUT2D eigenvalue weighted by Crippen LogP contribution is 2.23. The van der Waals surface area contributed by atoms with Crippen LogP contribution in [0.1, 0.15) is 17.7 Å². The smallest absolute Gasteiger partial charge is 0.224 e. The minimum absolute atomic E-state index is 0.172. The van der Waals surface area contributed by atoms with E-state index < -0.39 is 0 Å². The van der Waals surface area contributed by atoms with Gasteiger partial charge in [0.25, 0.3) is 0 Å². The molecule has 122 valence electrons. The Bertz CT molecular complexity index is 837. The van der Waals surface area contributed by atoms with Crippen LogP contribution in [0.5, 0.6) is 0 Å². The van der Waals surface area contributed by atoms with Gasteiger partial charge in [0, 0.05) is 24.1 Å². The summed E-state index contributed by atoms with van der Waals surface area (Å²) in [5.74, 6) is 0.992. The van der Waals surface area contributed by atoms with Gasteiger partial charge in [0.05, 0.1) is 0 Å². The zero-order chi connectivity index (χ0) is 16.9. The molecule has 0 radical (unpaired) electrons. The predicted octanol–water partition coefficient (Wildman–Crippen LogP) is 4.97. The lowest BCUT2D eigenvalue weighted by molar-refractivity contribution is -0.116. The van der Waals surface area contributed by atoms with E-state index in [2.05, 4.69) is 5.32 Å². The monoisotopic (exact) mass is 323 g/mol. The highest BCUT2D eigenvalue weighted by Gasteiger charge is 2.08. The summed E-state index contributed by atoms with van der Waals surface area (Å²) in [6, 6.07) is 17.7. The van der Waals surface area contributed by atoms with Gasteiger partial charge in [-0.1, -0.05) is 35.9 Å². The fraction of sp³-hybridized carbons (Fsp3) is 0.150. The molecule has 1 N–H and O–H groups in total. The van der Waals surface area contributed by atoms with Crippen LogP contribution in [0.15, 0.2) is 65.1 Å². The quantitative estimate of drug-likeness (QED) is 0.720. The molecule has 3 rings (SSSR count). The van der Waals surface area contributed by atoms with Crippen molar-refractivity contribution in [3.8, 4) is 11.3 Å². The van der Waals surface area contributed by atoms with Crippen molar-refractivity contribution in [1.82, 2.24) is 0 Å². The van der Waals surface area contributed by atoms with Crippen LogP contribution in [-0.2, 0) is 11.2 Å². The number of benzene rings is 2. The Morgan fingerprint density at radius 1 is 1.08 bits per heavy atom. The average molecular weight is 323 g/mol. The second-order valence-corrected chi connectivity index (χ2v) is 5.69. The largest absolute Gasteiger partial charge is 0.461 e. The lowest BCUT2D eigenvalue weighted by Gasteiger charge is -2.04. The van der Waals surface area contributed by atoms with E-state index in [4.69, 9.17) is 4.42 Å². The fourth-order valence-corrected chi connectivity index (χ4v) is 2.41. The first-order chi connectivity index (χ1) is 11.6. The first kappa shape index (κ1) is 16.0. The molecule has 4 heteroatoms. The van der Waals surface area contributed by atoms with E-state index in [0.29, 0.717) is 12.1 Å². The lowest BCUT2D eigenvalue weighted by Crippen LogP contribution is -2.12. The van der Waals surface area contributed by atoms with Crippen molar-refractivity contribution >= 4 is 11.6 Å². The Labute approximate surface area is 140 Å². The molecule has 0 saturated heterocycles. The van der Waals surface area contributed by atoms with Gasteiger partial charge in [-0.2, -0.15) is 0 Å². The molecule has 0 bridgehead atoms. The Morgan fingerprint density at radius 3 is 2.62 bits per heavy atom. The van der Waals surface area contributed by atoms with E-state index in [1.165, 1.54) is 17.7 Å². The van der Waals surface area contributed by atoms with Gasteiger partial charge in [-0.15, -0.1) is 0 Å². The van der Waals surface area contributed by atoms with Gasteiger partial charge in [-0.3, -0.25) is 4.79 Å². The second kappa shape index (κ2) is 7.13. The third-order valence-electron chi connectivity index (χ3n) is 3.70. The molecular formula is C20H18FNO2. The number of amides is 1. The molecule has 0 fully saturated rings. The van der Waals surface area contributed by atoms with E-state index in [1.54, 1.807) is 12.1 Å². The number of furan rings is 1. The number of nitrogens with one attached hydrogen (secondary N) is 1. The highest BCUT2D eigenvalue weighted by atomic mass is 19.1. The van der Waals surface area contributed by atoms with E-state index >= 15 is 0 Å². The average Bonchev–Trinajstić information content (AvgIpc) is 3.03. The normalized spacial score (nSPS) is 10.6. The molecule has 1 heterocycles. The Morgan fingerprint density at radius 2 is 1.88 bits per heavy atom. The number of carbonyl (C=O) groups is 1. The fourth-order valence-electron chi connectivity index (χ4n) is 2.41. The minimum atomic E-state index is -0.374. The maximum absolute atomic E-state index is 13.1. The van der Waals surface area contributed by atoms with Crippen molar-refractivity contribution in [2.75, 3.05) is 5.32 Å². The summed E-state index contributed by atoms with van der Waals surface area (Å²) in [4.78, 5) is 11.9. The number of hydrogen-bond donors (Lipinski definition) is 1. The molecular weight excluding hydrogens is 305 g/mol. The van der Waals surface area contributed by atoms with Crippen LogP contribution in [0.3, 0.4) is 0 Å². The van der Waals surface area contributed by atoms with Crippen LogP contribution in [0, 0.1) is 12.7 Å². The van der Waals surface area contributed by atoms with Gasteiger partial charge in [-0.05, 0) is 37.3 Å². The third-order valence-corrected chi connectivity index (χ3v) is 3.70. The van der Waals surface area contributed by atoms with Crippen LogP contribution >= 0.6 is 0 Å². The Kier molecular flexibility index (Phi) is 4.75. The molecule has 0 spiro atoms. The molecule has 1 aromatic heterocycles. The van der Waals surface area contributed by atoms with Crippen LogP contribution in [0.2, 0.25) is 0 Å². The van der Waals surface area contributed by atoms with Gasteiger partial charge in [0.2, 0.25) is 5.91 Å². The molecule has 2 aromatic carbocycles. The predicted molar refractivity (Wildman–Crippen MR) is 92.2 cm³/mol. The van der Waals surface area contributed by atoms with Crippen LogP contribution in [0.4, 0.5) is 10.1 Å². The number of aryl methyl sites for hydroxylation is 2. The second-order valence-electron chi connectivity index (χ2n) is 5.69. The molecule has 3 aromatic rings. The highest BCUT2D eigenvalue weighted by molar-refractivity contribution is 5.90. The van der Waals surface area contributed by atoms with Crippen LogP contribution in [0.25, 0.3) is 11.3 Å². The summed E-state index contributed by atoms with van der Waals surface area (Å²) < 4.78 is 18.9. The zero-order valence-electron chi connectivity index (χ0n) is 13.4. The summed E-state index contributed by atoms with van der Waals surface area (Å²) in [7, 11) is 0. The molecule has 0 aliphatic carbocycles. The van der Waals surface area contributed by atoms with Gasteiger partial charge in [0.1, 0.15) is 17.3 Å². The van der Waals surface area contributed by atoms with E-state index in [1.807, 2.05) is 43.3 Å². The van der Waals surface area contributed by atoms with Crippen molar-refractivity contribution in [2.24, 2.45) is 0 Å². The molecule has 1 amide bonds. The van der Waals surface area contributed by atoms with Gasteiger partial charge in [-0.25, -0.2) is 4.39 Å². The molecule has 0 saturated carbocycles. The van der Waals surface area contributed by atoms with Crippen molar-refractivity contribution < 1.29 is 13.6 Å². The van der Waals surface area contributed by atoms with Crippen molar-refractivity contribution in [2.45, 2.75) is 19.8 Å². The summed E-state index contributed by atoms with van der Waals surface area (Å²) in [5, 5.41) is 2.68. The Balaban J connectivity index is 1.57. The number of anilines is 1. The maximum Gasteiger partial charge on any atom is 0.224 e. The molecule has 0 aliphatic heterocycles. The lowest BCUT2D eigenvalue weighted by atomic mass is 10.1. The van der Waals surface area contributed by atoms with E-state index in [0.717, 1.165) is 17.1 Å². The number of halogens is 1. The summed E-state index contributed by atoms with van der Waals surface area (Å²) >= 11 is 0. The van der Waals surface area contributed by atoms with Gasteiger partial charge < -0.3 is 9.73 Å². The molecule has 0 aliphatic rings. The third kappa shape index (κ3) is 4.10.